The molecule has 0 aromatic heterocycles. The second-order valence-electron chi connectivity index (χ2n) is 10.1. The zero-order chi connectivity index (χ0) is 24.7. The lowest BCUT2D eigenvalue weighted by Crippen LogP contribution is -1.95. The number of thioether (sulfide) groups is 2. The number of aromatic hydroxyl groups is 1. The molecule has 1 N–H and O–H groups in total. The van der Waals surface area contributed by atoms with Crippen molar-refractivity contribution in [1.82, 2.24) is 0 Å². The van der Waals surface area contributed by atoms with E-state index in [0.717, 1.165) is 18.4 Å². The lowest BCUT2D eigenvalue weighted by Gasteiger charge is -2.11. The third-order valence-corrected chi connectivity index (χ3v) is 9.02. The van der Waals surface area contributed by atoms with Gasteiger partial charge in [-0.25, -0.2) is 0 Å². The molecule has 198 valence electrons. The Kier molecular flexibility index (Phi) is 21.6. The first kappa shape index (κ1) is 31.7. The molecule has 34 heavy (non-hydrogen) atoms. The van der Waals surface area contributed by atoms with E-state index in [1.165, 1.54) is 137 Å². The summed E-state index contributed by atoms with van der Waals surface area (Å²) in [5.41, 5.74) is 3.65. The van der Waals surface area contributed by atoms with Gasteiger partial charge in [0, 0.05) is 0 Å². The highest BCUT2D eigenvalue weighted by atomic mass is 32.2. The van der Waals surface area contributed by atoms with E-state index >= 15 is 0 Å². The Hall–Kier alpha value is -0.280. The Bertz CT molecular complexity index is 587. The lowest BCUT2D eigenvalue weighted by molar-refractivity contribution is 0.462. The van der Waals surface area contributed by atoms with Crippen molar-refractivity contribution in [3.05, 3.63) is 28.8 Å². The van der Waals surface area contributed by atoms with Gasteiger partial charge in [-0.2, -0.15) is 23.5 Å². The Labute approximate surface area is 222 Å². The van der Waals surface area contributed by atoms with Gasteiger partial charge < -0.3 is 5.11 Å². The van der Waals surface area contributed by atoms with E-state index in [1.807, 2.05) is 0 Å². The van der Waals surface area contributed by atoms with Gasteiger partial charge in [-0.05, 0) is 98.0 Å². The minimum atomic E-state index is 0.540. The average molecular weight is 509 g/mol. The Morgan fingerprint density at radius 3 is 1.53 bits per heavy atom. The molecule has 0 radical (unpaired) electrons. The van der Waals surface area contributed by atoms with E-state index in [2.05, 4.69) is 56.4 Å². The first-order valence-electron chi connectivity index (χ1n) is 14.7. The second-order valence-corrected chi connectivity index (χ2v) is 12.5. The quantitative estimate of drug-likeness (QED) is 0.140. The first-order valence-corrected chi connectivity index (χ1v) is 17.0. The molecule has 0 aliphatic carbocycles. The summed E-state index contributed by atoms with van der Waals surface area (Å²) < 4.78 is 0. The van der Waals surface area contributed by atoms with Crippen molar-refractivity contribution in [3.8, 4) is 5.75 Å². The standard InChI is InChI=1S/C31H56OS2/c1-4-6-8-10-12-16-22-33-24-18-14-20-29-26-28(3)31(32)30(27-29)21-15-19-25-34-23-17-13-11-9-7-5-2/h26-27,32H,4-25H2,1-3H3. The zero-order valence-electron chi connectivity index (χ0n) is 23.0. The van der Waals surface area contributed by atoms with E-state index in [9.17, 15) is 5.11 Å². The summed E-state index contributed by atoms with van der Waals surface area (Å²) in [5.74, 6) is 5.77. The van der Waals surface area contributed by atoms with Gasteiger partial charge in [0.25, 0.3) is 0 Å². The van der Waals surface area contributed by atoms with Crippen LogP contribution in [-0.4, -0.2) is 28.1 Å². The predicted octanol–water partition coefficient (Wildman–Crippen LogP) is 10.5. The van der Waals surface area contributed by atoms with Gasteiger partial charge in [0.2, 0.25) is 0 Å². The van der Waals surface area contributed by atoms with Crippen LogP contribution in [-0.2, 0) is 12.8 Å². The molecule has 0 unspecified atom stereocenters. The predicted molar refractivity (Wildman–Crippen MR) is 160 cm³/mol. The molecule has 1 aromatic carbocycles. The van der Waals surface area contributed by atoms with Crippen LogP contribution in [0.15, 0.2) is 12.1 Å². The Morgan fingerprint density at radius 1 is 0.559 bits per heavy atom. The van der Waals surface area contributed by atoms with Crippen LogP contribution in [0.5, 0.6) is 5.75 Å². The van der Waals surface area contributed by atoms with Gasteiger partial charge in [-0.1, -0.05) is 90.2 Å². The molecular formula is C31H56OS2. The van der Waals surface area contributed by atoms with E-state index in [-0.39, 0.29) is 0 Å². The van der Waals surface area contributed by atoms with Crippen molar-refractivity contribution in [2.75, 3.05) is 23.0 Å². The largest absolute Gasteiger partial charge is 0.507 e. The topological polar surface area (TPSA) is 20.2 Å². The molecule has 0 aliphatic heterocycles. The van der Waals surface area contributed by atoms with E-state index in [1.54, 1.807) is 0 Å². The summed E-state index contributed by atoms with van der Waals surface area (Å²) >= 11 is 4.27. The molecule has 0 spiro atoms. The molecule has 1 aromatic rings. The van der Waals surface area contributed by atoms with Crippen molar-refractivity contribution in [1.29, 1.82) is 0 Å². The molecule has 0 atom stereocenters. The van der Waals surface area contributed by atoms with Gasteiger partial charge in [-0.3, -0.25) is 0 Å². The number of hydrogen-bond acceptors (Lipinski definition) is 3. The monoisotopic (exact) mass is 508 g/mol. The number of unbranched alkanes of at least 4 members (excludes halogenated alkanes) is 12. The number of benzene rings is 1. The van der Waals surface area contributed by atoms with Crippen LogP contribution in [0, 0.1) is 6.92 Å². The maximum atomic E-state index is 10.5. The smallest absolute Gasteiger partial charge is 0.121 e. The maximum absolute atomic E-state index is 10.5. The fraction of sp³-hybridized carbons (Fsp3) is 0.806. The van der Waals surface area contributed by atoms with Crippen molar-refractivity contribution >= 4 is 23.5 Å². The van der Waals surface area contributed by atoms with Crippen LogP contribution in [0.3, 0.4) is 0 Å². The van der Waals surface area contributed by atoms with Gasteiger partial charge in [0.15, 0.2) is 0 Å². The highest BCUT2D eigenvalue weighted by Crippen LogP contribution is 2.27. The van der Waals surface area contributed by atoms with Crippen molar-refractivity contribution in [2.45, 2.75) is 136 Å². The molecule has 0 saturated carbocycles. The number of hydrogen-bond donors (Lipinski definition) is 1. The van der Waals surface area contributed by atoms with Gasteiger partial charge in [0.05, 0.1) is 0 Å². The third kappa shape index (κ3) is 17.2. The molecule has 0 saturated heterocycles. The summed E-state index contributed by atoms with van der Waals surface area (Å²) in [7, 11) is 0. The summed E-state index contributed by atoms with van der Waals surface area (Å²) in [6.45, 7) is 6.63. The molecular weight excluding hydrogens is 452 g/mol. The molecule has 1 rings (SSSR count). The minimum Gasteiger partial charge on any atom is -0.507 e. The molecule has 0 amide bonds. The van der Waals surface area contributed by atoms with Crippen LogP contribution in [0.1, 0.15) is 133 Å². The number of rotatable bonds is 24. The normalized spacial score (nSPS) is 11.4. The lowest BCUT2D eigenvalue weighted by atomic mass is 9.98. The molecule has 0 bridgehead atoms. The van der Waals surface area contributed by atoms with Crippen molar-refractivity contribution < 1.29 is 5.11 Å². The van der Waals surface area contributed by atoms with Crippen LogP contribution in [0.2, 0.25) is 0 Å². The van der Waals surface area contributed by atoms with Crippen molar-refractivity contribution in [2.24, 2.45) is 0 Å². The maximum Gasteiger partial charge on any atom is 0.121 e. The molecule has 1 nitrogen and oxygen atoms in total. The summed E-state index contributed by atoms with van der Waals surface area (Å²) in [6.07, 6.45) is 24.0. The minimum absolute atomic E-state index is 0.540. The Balaban J connectivity index is 2.11. The number of aryl methyl sites for hydroxylation is 3. The fourth-order valence-corrected chi connectivity index (χ4v) is 6.54. The summed E-state index contributed by atoms with van der Waals surface area (Å²) in [6, 6.07) is 4.49. The van der Waals surface area contributed by atoms with E-state index in [0.29, 0.717) is 5.75 Å². The summed E-state index contributed by atoms with van der Waals surface area (Å²) in [5, 5.41) is 10.5. The van der Waals surface area contributed by atoms with Crippen LogP contribution in [0.4, 0.5) is 0 Å². The summed E-state index contributed by atoms with van der Waals surface area (Å²) in [4.78, 5) is 0. The average Bonchev–Trinajstić information content (AvgIpc) is 2.83. The molecule has 0 fully saturated rings. The first-order chi connectivity index (χ1) is 16.7. The third-order valence-electron chi connectivity index (χ3n) is 6.71. The van der Waals surface area contributed by atoms with Gasteiger partial charge >= 0.3 is 0 Å². The fourth-order valence-electron chi connectivity index (χ4n) is 4.49. The van der Waals surface area contributed by atoms with E-state index < -0.39 is 0 Å². The molecule has 0 heterocycles. The van der Waals surface area contributed by atoms with Gasteiger partial charge in [-0.15, -0.1) is 0 Å². The highest BCUT2D eigenvalue weighted by Gasteiger charge is 2.07. The SMILES string of the molecule is CCCCCCCCSCCCCc1cc(C)c(O)c(CCCCSCCCCCCCC)c1. The Morgan fingerprint density at radius 2 is 1.00 bits per heavy atom. The number of phenolic OH excluding ortho intramolecular Hbond substituents is 1. The van der Waals surface area contributed by atoms with Gasteiger partial charge in [0.1, 0.15) is 5.75 Å². The van der Waals surface area contributed by atoms with Crippen LogP contribution in [0.25, 0.3) is 0 Å². The van der Waals surface area contributed by atoms with E-state index in [4.69, 9.17) is 0 Å². The van der Waals surface area contributed by atoms with Crippen LogP contribution >= 0.6 is 23.5 Å². The second kappa shape index (κ2) is 23.1. The highest BCUT2D eigenvalue weighted by molar-refractivity contribution is 7.99. The van der Waals surface area contributed by atoms with Crippen molar-refractivity contribution in [3.63, 3.8) is 0 Å². The molecule has 0 aliphatic rings. The number of phenols is 1. The van der Waals surface area contributed by atoms with Crippen LogP contribution < -0.4 is 0 Å². The molecule has 3 heteroatoms. The zero-order valence-corrected chi connectivity index (χ0v) is 24.6.